The number of benzene rings is 2. The highest BCUT2D eigenvalue weighted by Crippen LogP contribution is 2.20. The first kappa shape index (κ1) is 21.7. The Labute approximate surface area is 164 Å². The van der Waals surface area contributed by atoms with E-state index in [1.807, 2.05) is 13.8 Å². The molecular formula is C20H22FNO5S. The van der Waals surface area contributed by atoms with Gasteiger partial charge in [-0.25, -0.2) is 21.9 Å². The van der Waals surface area contributed by atoms with Crippen LogP contribution < -0.4 is 0 Å². The molecule has 6 nitrogen and oxygen atoms in total. The van der Waals surface area contributed by atoms with Gasteiger partial charge in [-0.15, -0.1) is 0 Å². The van der Waals surface area contributed by atoms with E-state index >= 15 is 0 Å². The van der Waals surface area contributed by atoms with Gasteiger partial charge in [0.25, 0.3) is 0 Å². The number of Topliss-reactive ketones (excluding diaryl/α,β-unsaturated/α-hetero) is 1. The normalized spacial score (nSPS) is 12.7. The quantitative estimate of drug-likeness (QED) is 0.543. The van der Waals surface area contributed by atoms with Gasteiger partial charge in [0.2, 0.25) is 15.8 Å². The highest BCUT2D eigenvalue weighted by Gasteiger charge is 2.25. The predicted octanol–water partition coefficient (Wildman–Crippen LogP) is 3.12. The summed E-state index contributed by atoms with van der Waals surface area (Å²) >= 11 is 0. The van der Waals surface area contributed by atoms with Gasteiger partial charge >= 0.3 is 5.97 Å². The number of sulfonamides is 1. The molecule has 0 bridgehead atoms. The molecule has 2 aromatic carbocycles. The summed E-state index contributed by atoms with van der Waals surface area (Å²) in [6.45, 7) is 5.15. The van der Waals surface area contributed by atoms with E-state index < -0.39 is 39.3 Å². The van der Waals surface area contributed by atoms with Crippen molar-refractivity contribution in [1.29, 1.82) is 0 Å². The topological polar surface area (TPSA) is 80.8 Å². The van der Waals surface area contributed by atoms with Crippen molar-refractivity contribution in [3.8, 4) is 0 Å². The molecule has 0 saturated carbocycles. The number of esters is 1. The number of rotatable bonds is 6. The Morgan fingerprint density at radius 1 is 1.04 bits per heavy atom. The molecule has 2 rings (SSSR count). The van der Waals surface area contributed by atoms with Gasteiger partial charge in [-0.3, -0.25) is 4.79 Å². The van der Waals surface area contributed by atoms with Crippen molar-refractivity contribution in [1.82, 2.24) is 4.31 Å². The second-order valence-corrected chi connectivity index (χ2v) is 8.79. The molecule has 150 valence electrons. The summed E-state index contributed by atoms with van der Waals surface area (Å²) in [4.78, 5) is 24.6. The third-order valence-corrected chi connectivity index (χ3v) is 6.19. The molecule has 2 aromatic rings. The minimum Gasteiger partial charge on any atom is -0.451 e. The van der Waals surface area contributed by atoms with Crippen molar-refractivity contribution >= 4 is 21.8 Å². The number of ketones is 1. The number of carbonyl (C=O) groups is 2. The van der Waals surface area contributed by atoms with Crippen LogP contribution in [0.1, 0.15) is 38.8 Å². The first-order valence-corrected chi connectivity index (χ1v) is 9.93. The van der Waals surface area contributed by atoms with E-state index in [1.165, 1.54) is 21.0 Å². The Balaban J connectivity index is 2.26. The molecule has 0 heterocycles. The lowest BCUT2D eigenvalue weighted by Gasteiger charge is -2.15. The lowest BCUT2D eigenvalue weighted by atomic mass is 10.0. The largest absolute Gasteiger partial charge is 0.451 e. The molecule has 28 heavy (non-hydrogen) atoms. The van der Waals surface area contributed by atoms with Crippen LogP contribution in [0.3, 0.4) is 0 Å². The summed E-state index contributed by atoms with van der Waals surface area (Å²) in [6.07, 6.45) is -1.16. The summed E-state index contributed by atoms with van der Waals surface area (Å²) < 4.78 is 44.5. The minimum absolute atomic E-state index is 0.251. The Hall–Kier alpha value is -2.58. The zero-order valence-corrected chi connectivity index (χ0v) is 17.1. The van der Waals surface area contributed by atoms with Crippen LogP contribution in [0, 0.1) is 19.7 Å². The molecule has 8 heteroatoms. The van der Waals surface area contributed by atoms with Gasteiger partial charge in [0.15, 0.2) is 6.10 Å². The lowest BCUT2D eigenvalue weighted by Crippen LogP contribution is -2.26. The summed E-state index contributed by atoms with van der Waals surface area (Å²) in [7, 11) is -1.21. The number of halogens is 1. The molecule has 0 aliphatic rings. The maximum atomic E-state index is 14.1. The van der Waals surface area contributed by atoms with Gasteiger partial charge in [0, 0.05) is 19.7 Å². The second kappa shape index (κ2) is 8.20. The minimum atomic E-state index is -3.85. The third kappa shape index (κ3) is 4.45. The molecule has 0 aliphatic carbocycles. The molecule has 0 amide bonds. The maximum absolute atomic E-state index is 14.1. The number of hydrogen-bond donors (Lipinski definition) is 0. The van der Waals surface area contributed by atoms with Crippen LogP contribution in [0.4, 0.5) is 4.39 Å². The van der Waals surface area contributed by atoms with Gasteiger partial charge in [0.05, 0.1) is 10.5 Å². The molecule has 0 unspecified atom stereocenters. The fourth-order valence-electron chi connectivity index (χ4n) is 2.44. The fourth-order valence-corrected chi connectivity index (χ4v) is 3.37. The molecule has 0 radical (unpaired) electrons. The second-order valence-electron chi connectivity index (χ2n) is 6.64. The van der Waals surface area contributed by atoms with Crippen molar-refractivity contribution in [3.63, 3.8) is 0 Å². The number of ether oxygens (including phenoxy) is 1. The lowest BCUT2D eigenvalue weighted by molar-refractivity contribution is 0.0314. The summed E-state index contributed by atoms with van der Waals surface area (Å²) in [5, 5.41) is 0. The zero-order chi connectivity index (χ0) is 21.2. The van der Waals surface area contributed by atoms with Crippen LogP contribution in [0.5, 0.6) is 0 Å². The summed E-state index contributed by atoms with van der Waals surface area (Å²) in [5.74, 6) is -2.49. The van der Waals surface area contributed by atoms with Crippen LogP contribution >= 0.6 is 0 Å². The number of aryl methyl sites for hydroxylation is 2. The Morgan fingerprint density at radius 3 is 2.25 bits per heavy atom. The standard InChI is InChI=1S/C20H22FNO5S/c1-12-6-7-15(10-13(12)2)19(23)14(3)27-20(24)17-11-16(8-9-18(17)21)28(25,26)22(4)5/h6-11,14H,1-5H3/t14-/m1/s1. The first-order chi connectivity index (χ1) is 12.9. The highest BCUT2D eigenvalue weighted by atomic mass is 32.2. The van der Waals surface area contributed by atoms with Crippen molar-refractivity contribution in [2.45, 2.75) is 31.8 Å². The highest BCUT2D eigenvalue weighted by molar-refractivity contribution is 7.89. The number of hydrogen-bond acceptors (Lipinski definition) is 5. The van der Waals surface area contributed by atoms with Gasteiger partial charge in [0.1, 0.15) is 5.82 Å². The van der Waals surface area contributed by atoms with E-state index in [4.69, 9.17) is 4.74 Å². The van der Waals surface area contributed by atoms with Crippen LogP contribution in [0.2, 0.25) is 0 Å². The van der Waals surface area contributed by atoms with Crippen LogP contribution in [-0.4, -0.2) is 44.7 Å². The van der Waals surface area contributed by atoms with E-state index in [9.17, 15) is 22.4 Å². The summed E-state index contributed by atoms with van der Waals surface area (Å²) in [6, 6.07) is 7.94. The molecule has 0 spiro atoms. The smallest absolute Gasteiger partial charge is 0.341 e. The average molecular weight is 407 g/mol. The monoisotopic (exact) mass is 407 g/mol. The number of nitrogens with zero attached hydrogens (tertiary/aromatic N) is 1. The van der Waals surface area contributed by atoms with Gasteiger partial charge in [-0.1, -0.05) is 12.1 Å². The maximum Gasteiger partial charge on any atom is 0.341 e. The predicted molar refractivity (Wildman–Crippen MR) is 102 cm³/mol. The van der Waals surface area contributed by atoms with E-state index in [0.29, 0.717) is 5.56 Å². The molecule has 0 fully saturated rings. The molecule has 0 aromatic heterocycles. The van der Waals surface area contributed by atoms with Crippen molar-refractivity contribution < 1.29 is 27.1 Å². The SMILES string of the molecule is Cc1ccc(C(=O)[C@@H](C)OC(=O)c2cc(S(=O)(=O)N(C)C)ccc2F)cc1C. The average Bonchev–Trinajstić information content (AvgIpc) is 2.63. The van der Waals surface area contributed by atoms with Crippen LogP contribution in [-0.2, 0) is 14.8 Å². The van der Waals surface area contributed by atoms with Gasteiger partial charge < -0.3 is 4.74 Å². The van der Waals surface area contributed by atoms with E-state index in [1.54, 1.807) is 18.2 Å². The molecular weight excluding hydrogens is 385 g/mol. The zero-order valence-electron chi connectivity index (χ0n) is 16.3. The Bertz CT molecular complexity index is 1030. The van der Waals surface area contributed by atoms with Gasteiger partial charge in [-0.05, 0) is 56.2 Å². The molecule has 1 atom stereocenters. The van der Waals surface area contributed by atoms with E-state index in [2.05, 4.69) is 0 Å². The van der Waals surface area contributed by atoms with Crippen molar-refractivity contribution in [2.75, 3.05) is 14.1 Å². The van der Waals surface area contributed by atoms with Crippen molar-refractivity contribution in [2.24, 2.45) is 0 Å². The molecule has 0 saturated heterocycles. The van der Waals surface area contributed by atoms with Crippen LogP contribution in [0.25, 0.3) is 0 Å². The molecule has 0 aliphatic heterocycles. The fraction of sp³-hybridized carbons (Fsp3) is 0.300. The first-order valence-electron chi connectivity index (χ1n) is 8.49. The Kier molecular flexibility index (Phi) is 6.36. The Morgan fingerprint density at radius 2 is 1.68 bits per heavy atom. The van der Waals surface area contributed by atoms with E-state index in [-0.39, 0.29) is 4.90 Å². The number of carbonyl (C=O) groups excluding carboxylic acids is 2. The third-order valence-electron chi connectivity index (χ3n) is 4.38. The van der Waals surface area contributed by atoms with Crippen LogP contribution in [0.15, 0.2) is 41.3 Å². The van der Waals surface area contributed by atoms with Crippen molar-refractivity contribution in [3.05, 3.63) is 64.5 Å². The summed E-state index contributed by atoms with van der Waals surface area (Å²) in [5.41, 5.74) is 1.75. The van der Waals surface area contributed by atoms with E-state index in [0.717, 1.165) is 33.6 Å². The molecule has 0 N–H and O–H groups in total. The van der Waals surface area contributed by atoms with Gasteiger partial charge in [-0.2, -0.15) is 0 Å².